The molecule has 2 aliphatic rings. The summed E-state index contributed by atoms with van der Waals surface area (Å²) in [6.45, 7) is 0. The highest BCUT2D eigenvalue weighted by Crippen LogP contribution is 2.35. The van der Waals surface area contributed by atoms with E-state index in [1.807, 2.05) is 0 Å². The third kappa shape index (κ3) is 0.602. The zero-order valence-electron chi connectivity index (χ0n) is 5.59. The smallest absolute Gasteiger partial charge is 0.230 e. The van der Waals surface area contributed by atoms with Crippen LogP contribution < -0.4 is 5.32 Å². The van der Waals surface area contributed by atoms with Gasteiger partial charge in [-0.25, -0.2) is 0 Å². The van der Waals surface area contributed by atoms with Crippen molar-refractivity contribution in [3.8, 4) is 0 Å². The second-order valence-electron chi connectivity index (χ2n) is 3.00. The molecule has 0 unspecified atom stereocenters. The van der Waals surface area contributed by atoms with Gasteiger partial charge in [0.05, 0.1) is 0 Å². The van der Waals surface area contributed by atoms with Gasteiger partial charge in [-0.1, -0.05) is 6.42 Å². The van der Waals surface area contributed by atoms with E-state index in [2.05, 4.69) is 5.32 Å². The summed E-state index contributed by atoms with van der Waals surface area (Å²) in [5.74, 6) is -0.0556. The Bertz CT molecular complexity index is 180. The highest BCUT2D eigenvalue weighted by Gasteiger charge is 2.44. The first-order valence-electron chi connectivity index (χ1n) is 3.64. The Kier molecular flexibility index (Phi) is 1.07. The lowest BCUT2D eigenvalue weighted by atomic mass is 10.00. The minimum Gasteiger partial charge on any atom is -0.296 e. The van der Waals surface area contributed by atoms with Gasteiger partial charge in [-0.05, 0) is 12.8 Å². The normalized spacial score (nSPS) is 38.0. The number of amides is 2. The molecule has 10 heavy (non-hydrogen) atoms. The zero-order chi connectivity index (χ0) is 7.14. The first-order valence-corrected chi connectivity index (χ1v) is 3.64. The Hall–Kier alpha value is -0.860. The van der Waals surface area contributed by atoms with Crippen LogP contribution in [0, 0.1) is 11.8 Å². The van der Waals surface area contributed by atoms with Crippen molar-refractivity contribution in [3.63, 3.8) is 0 Å². The van der Waals surface area contributed by atoms with Gasteiger partial charge in [-0.3, -0.25) is 14.9 Å². The molecule has 3 nitrogen and oxygen atoms in total. The van der Waals surface area contributed by atoms with Crippen molar-refractivity contribution in [1.82, 2.24) is 5.32 Å². The van der Waals surface area contributed by atoms with Crippen molar-refractivity contribution < 1.29 is 9.59 Å². The second-order valence-corrected chi connectivity index (χ2v) is 3.00. The van der Waals surface area contributed by atoms with E-state index in [4.69, 9.17) is 0 Å². The number of rotatable bonds is 0. The van der Waals surface area contributed by atoms with Crippen LogP contribution in [0.2, 0.25) is 0 Å². The third-order valence-electron chi connectivity index (χ3n) is 2.44. The Morgan fingerprint density at radius 3 is 2.10 bits per heavy atom. The van der Waals surface area contributed by atoms with E-state index in [0.717, 1.165) is 19.3 Å². The first kappa shape index (κ1) is 5.89. The molecule has 2 fully saturated rings. The molecule has 2 rings (SSSR count). The van der Waals surface area contributed by atoms with Crippen LogP contribution in [0.4, 0.5) is 0 Å². The fraction of sp³-hybridized carbons (Fsp3) is 0.714. The van der Waals surface area contributed by atoms with E-state index < -0.39 is 0 Å². The minimum absolute atomic E-state index is 0.0208. The lowest BCUT2D eigenvalue weighted by Crippen LogP contribution is -2.23. The minimum atomic E-state index is -0.0486. The highest BCUT2D eigenvalue weighted by atomic mass is 16.2. The van der Waals surface area contributed by atoms with Gasteiger partial charge in [0.2, 0.25) is 11.8 Å². The van der Waals surface area contributed by atoms with Gasteiger partial charge < -0.3 is 0 Å². The average Bonchev–Trinajstić information content (AvgIpc) is 2.39. The largest absolute Gasteiger partial charge is 0.296 e. The number of carbonyl (C=O) groups excluding carboxylic acids is 2. The average molecular weight is 139 g/mol. The molecule has 2 atom stereocenters. The Morgan fingerprint density at radius 2 is 1.60 bits per heavy atom. The van der Waals surface area contributed by atoms with Gasteiger partial charge in [0.25, 0.3) is 0 Å². The molecule has 0 spiro atoms. The van der Waals surface area contributed by atoms with Gasteiger partial charge in [-0.15, -0.1) is 0 Å². The van der Waals surface area contributed by atoms with Gasteiger partial charge in [0.15, 0.2) is 0 Å². The first-order chi connectivity index (χ1) is 4.79. The lowest BCUT2D eigenvalue weighted by Gasteiger charge is -1.98. The van der Waals surface area contributed by atoms with Crippen molar-refractivity contribution in [2.75, 3.05) is 0 Å². The van der Waals surface area contributed by atoms with E-state index in [-0.39, 0.29) is 23.7 Å². The molecule has 0 bridgehead atoms. The van der Waals surface area contributed by atoms with Crippen LogP contribution in [0.5, 0.6) is 0 Å². The number of hydrogen-bond acceptors (Lipinski definition) is 2. The van der Waals surface area contributed by atoms with Crippen LogP contribution in [0.1, 0.15) is 19.3 Å². The molecule has 1 aliphatic carbocycles. The summed E-state index contributed by atoms with van der Waals surface area (Å²) in [6, 6.07) is 0. The maximum atomic E-state index is 10.9. The maximum absolute atomic E-state index is 10.9. The van der Waals surface area contributed by atoms with Gasteiger partial charge in [0.1, 0.15) is 0 Å². The number of hydrogen-bond donors (Lipinski definition) is 1. The van der Waals surface area contributed by atoms with E-state index in [9.17, 15) is 9.59 Å². The van der Waals surface area contributed by atoms with Crippen LogP contribution in [-0.4, -0.2) is 11.8 Å². The maximum Gasteiger partial charge on any atom is 0.230 e. The van der Waals surface area contributed by atoms with Crippen LogP contribution in [0.3, 0.4) is 0 Å². The van der Waals surface area contributed by atoms with Crippen LogP contribution in [0.25, 0.3) is 0 Å². The lowest BCUT2D eigenvalue weighted by molar-refractivity contribution is -0.126. The molecule has 1 heterocycles. The Labute approximate surface area is 58.8 Å². The van der Waals surface area contributed by atoms with Crippen molar-refractivity contribution in [2.45, 2.75) is 19.3 Å². The standard InChI is InChI=1S/C7H9NO2/c9-6-4-2-1-3-5(4)7(10)8-6/h4-5H,1-3H2,(H,8,9,10)/t4-,5-/m1/s1. The number of imide groups is 1. The predicted molar refractivity (Wildman–Crippen MR) is 34.0 cm³/mol. The summed E-state index contributed by atoms with van der Waals surface area (Å²) >= 11 is 0. The van der Waals surface area contributed by atoms with Crippen molar-refractivity contribution in [1.29, 1.82) is 0 Å². The number of fused-ring (bicyclic) bond motifs is 1. The molecule has 54 valence electrons. The predicted octanol–water partition coefficient (Wildman–Crippen LogP) is 0.0591. The SMILES string of the molecule is O=C1NC(=O)[C@@H]2CCC[C@@H]12. The van der Waals surface area contributed by atoms with Gasteiger partial charge in [0, 0.05) is 11.8 Å². The monoisotopic (exact) mass is 139 g/mol. The molecule has 0 radical (unpaired) electrons. The van der Waals surface area contributed by atoms with Crippen molar-refractivity contribution in [2.24, 2.45) is 11.8 Å². The molecule has 1 saturated heterocycles. The summed E-state index contributed by atoms with van der Waals surface area (Å²) in [5, 5.41) is 2.34. The van der Waals surface area contributed by atoms with Gasteiger partial charge in [-0.2, -0.15) is 0 Å². The number of nitrogens with one attached hydrogen (secondary N) is 1. The van der Waals surface area contributed by atoms with Crippen LogP contribution >= 0.6 is 0 Å². The summed E-state index contributed by atoms with van der Waals surface area (Å²) in [4.78, 5) is 21.9. The van der Waals surface area contributed by atoms with Crippen LogP contribution in [0.15, 0.2) is 0 Å². The van der Waals surface area contributed by atoms with E-state index in [0.29, 0.717) is 0 Å². The molecule has 0 aromatic heterocycles. The molecule has 0 aromatic rings. The molecule has 0 aromatic carbocycles. The Balaban J connectivity index is 2.27. The third-order valence-corrected chi connectivity index (χ3v) is 2.44. The van der Waals surface area contributed by atoms with Gasteiger partial charge >= 0.3 is 0 Å². The molecular formula is C7H9NO2. The topological polar surface area (TPSA) is 46.2 Å². The highest BCUT2D eigenvalue weighted by molar-refractivity contribution is 6.05. The fourth-order valence-electron chi connectivity index (χ4n) is 1.89. The fourth-order valence-corrected chi connectivity index (χ4v) is 1.89. The summed E-state index contributed by atoms with van der Waals surface area (Å²) < 4.78 is 0. The quantitative estimate of drug-likeness (QED) is 0.482. The van der Waals surface area contributed by atoms with Crippen molar-refractivity contribution >= 4 is 11.8 Å². The summed E-state index contributed by atoms with van der Waals surface area (Å²) in [5.41, 5.74) is 0. The van der Waals surface area contributed by atoms with E-state index in [1.165, 1.54) is 0 Å². The molecule has 1 N–H and O–H groups in total. The molecule has 1 aliphatic heterocycles. The zero-order valence-corrected chi connectivity index (χ0v) is 5.59. The van der Waals surface area contributed by atoms with Crippen molar-refractivity contribution in [3.05, 3.63) is 0 Å². The second kappa shape index (κ2) is 1.81. The van der Waals surface area contributed by atoms with Crippen LogP contribution in [-0.2, 0) is 9.59 Å². The Morgan fingerprint density at radius 1 is 1.10 bits per heavy atom. The van der Waals surface area contributed by atoms with E-state index >= 15 is 0 Å². The molecule has 2 amide bonds. The van der Waals surface area contributed by atoms with E-state index in [1.54, 1.807) is 0 Å². The molecule has 3 heteroatoms. The molecular weight excluding hydrogens is 130 g/mol. The summed E-state index contributed by atoms with van der Waals surface area (Å²) in [6.07, 6.45) is 2.85. The molecule has 1 saturated carbocycles. The summed E-state index contributed by atoms with van der Waals surface area (Å²) in [7, 11) is 0. The number of carbonyl (C=O) groups is 2.